The highest BCUT2D eigenvalue weighted by atomic mass is 32.1. The minimum Gasteiger partial charge on any atom is -0.368 e. The summed E-state index contributed by atoms with van der Waals surface area (Å²) in [7, 11) is 0. The summed E-state index contributed by atoms with van der Waals surface area (Å²) >= 11 is 1.34. The van der Waals surface area contributed by atoms with Crippen LogP contribution in [0.4, 0.5) is 4.39 Å². The summed E-state index contributed by atoms with van der Waals surface area (Å²) in [4.78, 5) is 31.2. The fraction of sp³-hybridized carbons (Fsp3) is 0.174. The Morgan fingerprint density at radius 2 is 1.93 bits per heavy atom. The number of halogens is 1. The number of aryl methyl sites for hydroxylation is 1. The first kappa shape index (κ1) is 20.0. The lowest BCUT2D eigenvalue weighted by molar-refractivity contribution is -0.121. The van der Waals surface area contributed by atoms with Crippen molar-refractivity contribution in [2.24, 2.45) is 5.73 Å². The van der Waals surface area contributed by atoms with Crippen molar-refractivity contribution in [1.29, 1.82) is 0 Å². The quantitative estimate of drug-likeness (QED) is 0.508. The number of aromatic nitrogens is 2. The summed E-state index contributed by atoms with van der Waals surface area (Å²) < 4.78 is 14.8. The fourth-order valence-corrected chi connectivity index (χ4v) is 4.57. The van der Waals surface area contributed by atoms with Gasteiger partial charge in [0.1, 0.15) is 22.5 Å². The molecule has 4 rings (SSSR count). The molecule has 0 bridgehead atoms. The van der Waals surface area contributed by atoms with E-state index in [-0.39, 0.29) is 11.4 Å². The van der Waals surface area contributed by atoms with E-state index in [0.29, 0.717) is 33.6 Å². The standard InChI is InChI=1S/C23H20FN3O2S/c1-3-18(20(25)28)27-21(15-6-4-5-13(2)11-15)26-22-19(23(27)29)17(12-30-22)14-7-9-16(24)10-8-14/h4-12,18H,3H2,1-2H3,(H2,25,28). The van der Waals surface area contributed by atoms with E-state index in [2.05, 4.69) is 0 Å². The molecule has 0 saturated carbocycles. The third-order valence-corrected chi connectivity index (χ3v) is 5.97. The summed E-state index contributed by atoms with van der Waals surface area (Å²) in [5, 5.41) is 2.24. The molecule has 2 aromatic heterocycles. The third kappa shape index (κ3) is 3.41. The highest BCUT2D eigenvalue weighted by molar-refractivity contribution is 7.17. The molecule has 2 N–H and O–H groups in total. The second kappa shape index (κ2) is 7.84. The van der Waals surface area contributed by atoms with Gasteiger partial charge in [0, 0.05) is 16.5 Å². The van der Waals surface area contributed by atoms with Crippen LogP contribution in [0.25, 0.3) is 32.7 Å². The molecule has 30 heavy (non-hydrogen) atoms. The zero-order valence-electron chi connectivity index (χ0n) is 16.6. The zero-order valence-corrected chi connectivity index (χ0v) is 17.4. The van der Waals surface area contributed by atoms with Crippen molar-refractivity contribution in [1.82, 2.24) is 9.55 Å². The first-order valence-electron chi connectivity index (χ1n) is 9.56. The van der Waals surface area contributed by atoms with Crippen LogP contribution in [0.5, 0.6) is 0 Å². The van der Waals surface area contributed by atoms with Crippen LogP contribution in [0, 0.1) is 12.7 Å². The van der Waals surface area contributed by atoms with E-state index in [1.165, 1.54) is 28.0 Å². The number of hydrogen-bond acceptors (Lipinski definition) is 4. The molecule has 4 aromatic rings. The molecule has 0 fully saturated rings. The summed E-state index contributed by atoms with van der Waals surface area (Å²) in [5.41, 5.74) is 8.44. The number of amides is 1. The van der Waals surface area contributed by atoms with E-state index in [1.54, 1.807) is 19.1 Å². The van der Waals surface area contributed by atoms with Crippen molar-refractivity contribution in [2.75, 3.05) is 0 Å². The lowest BCUT2D eigenvalue weighted by Gasteiger charge is -2.19. The predicted octanol–water partition coefficient (Wildman–Crippen LogP) is 4.68. The molecular weight excluding hydrogens is 401 g/mol. The summed E-state index contributed by atoms with van der Waals surface area (Å²) in [5.74, 6) is -0.530. The molecule has 0 aliphatic carbocycles. The van der Waals surface area contributed by atoms with Gasteiger partial charge in [0.05, 0.1) is 5.39 Å². The predicted molar refractivity (Wildman–Crippen MR) is 118 cm³/mol. The first-order valence-corrected chi connectivity index (χ1v) is 10.4. The average molecular weight is 421 g/mol. The van der Waals surface area contributed by atoms with E-state index in [0.717, 1.165) is 11.1 Å². The molecule has 0 aliphatic heterocycles. The Morgan fingerprint density at radius 3 is 2.57 bits per heavy atom. The number of carbonyl (C=O) groups is 1. The molecular formula is C23H20FN3O2S. The van der Waals surface area contributed by atoms with Gasteiger partial charge in [-0.25, -0.2) is 9.37 Å². The average Bonchev–Trinajstić information content (AvgIpc) is 3.14. The Balaban J connectivity index is 2.07. The van der Waals surface area contributed by atoms with E-state index in [4.69, 9.17) is 10.7 Å². The Kier molecular flexibility index (Phi) is 5.22. The Bertz CT molecular complexity index is 1310. The molecule has 2 aromatic carbocycles. The van der Waals surface area contributed by atoms with E-state index >= 15 is 0 Å². The van der Waals surface area contributed by atoms with Gasteiger partial charge in [-0.3, -0.25) is 14.2 Å². The summed E-state index contributed by atoms with van der Waals surface area (Å²) in [6, 6.07) is 12.7. The molecule has 0 aliphatic rings. The van der Waals surface area contributed by atoms with Gasteiger partial charge in [-0.15, -0.1) is 11.3 Å². The number of fused-ring (bicyclic) bond motifs is 1. The largest absolute Gasteiger partial charge is 0.368 e. The van der Waals surface area contributed by atoms with Crippen LogP contribution in [0.2, 0.25) is 0 Å². The number of nitrogens with two attached hydrogens (primary N) is 1. The number of rotatable bonds is 5. The third-order valence-electron chi connectivity index (χ3n) is 5.10. The van der Waals surface area contributed by atoms with Crippen LogP contribution in [0.3, 0.4) is 0 Å². The van der Waals surface area contributed by atoms with Gasteiger partial charge in [-0.05, 0) is 37.1 Å². The second-order valence-corrected chi connectivity index (χ2v) is 8.00. The lowest BCUT2D eigenvalue weighted by atomic mass is 10.1. The number of carbonyl (C=O) groups excluding carboxylic acids is 1. The van der Waals surface area contributed by atoms with Gasteiger partial charge in [0.2, 0.25) is 5.91 Å². The number of hydrogen-bond donors (Lipinski definition) is 1. The van der Waals surface area contributed by atoms with Crippen LogP contribution in [0.15, 0.2) is 58.7 Å². The van der Waals surface area contributed by atoms with Crippen LogP contribution in [0.1, 0.15) is 24.9 Å². The van der Waals surface area contributed by atoms with E-state index in [1.807, 2.05) is 36.6 Å². The fourth-order valence-electron chi connectivity index (χ4n) is 3.63. The van der Waals surface area contributed by atoms with E-state index in [9.17, 15) is 14.0 Å². The molecule has 0 radical (unpaired) electrons. The molecule has 0 spiro atoms. The molecule has 1 unspecified atom stereocenters. The van der Waals surface area contributed by atoms with Crippen LogP contribution < -0.4 is 11.3 Å². The second-order valence-electron chi connectivity index (χ2n) is 7.14. The maximum absolute atomic E-state index is 13.7. The zero-order chi connectivity index (χ0) is 21.4. The SMILES string of the molecule is CCC(C(N)=O)n1c(-c2cccc(C)c2)nc2scc(-c3ccc(F)cc3)c2c1=O. The highest BCUT2D eigenvalue weighted by Gasteiger charge is 2.25. The van der Waals surface area contributed by atoms with Crippen LogP contribution in [-0.2, 0) is 4.79 Å². The highest BCUT2D eigenvalue weighted by Crippen LogP contribution is 2.33. The number of thiophene rings is 1. The molecule has 1 atom stereocenters. The Morgan fingerprint density at radius 1 is 1.20 bits per heavy atom. The topological polar surface area (TPSA) is 78.0 Å². The minimum atomic E-state index is -0.828. The maximum Gasteiger partial charge on any atom is 0.263 e. The van der Waals surface area contributed by atoms with Crippen LogP contribution >= 0.6 is 11.3 Å². The van der Waals surface area contributed by atoms with Crippen molar-refractivity contribution in [3.05, 3.63) is 75.6 Å². The number of benzene rings is 2. The molecule has 152 valence electrons. The van der Waals surface area contributed by atoms with Gasteiger partial charge in [0.25, 0.3) is 5.56 Å². The normalized spacial score (nSPS) is 12.2. The summed E-state index contributed by atoms with van der Waals surface area (Å²) in [6.45, 7) is 3.76. The molecule has 7 heteroatoms. The van der Waals surface area contributed by atoms with Crippen molar-refractivity contribution in [3.63, 3.8) is 0 Å². The Labute approximate surface area is 176 Å². The van der Waals surface area contributed by atoms with Crippen molar-refractivity contribution in [2.45, 2.75) is 26.3 Å². The number of primary amides is 1. The van der Waals surface area contributed by atoms with Crippen molar-refractivity contribution < 1.29 is 9.18 Å². The molecule has 0 saturated heterocycles. The van der Waals surface area contributed by atoms with Gasteiger partial charge < -0.3 is 5.73 Å². The molecule has 1 amide bonds. The smallest absolute Gasteiger partial charge is 0.263 e. The molecule has 5 nitrogen and oxygen atoms in total. The van der Waals surface area contributed by atoms with Gasteiger partial charge >= 0.3 is 0 Å². The molecule has 2 heterocycles. The van der Waals surface area contributed by atoms with Gasteiger partial charge in [0.15, 0.2) is 0 Å². The summed E-state index contributed by atoms with van der Waals surface area (Å²) in [6.07, 6.45) is 0.358. The maximum atomic E-state index is 13.7. The van der Waals surface area contributed by atoms with E-state index < -0.39 is 11.9 Å². The van der Waals surface area contributed by atoms with Crippen molar-refractivity contribution in [3.8, 4) is 22.5 Å². The first-order chi connectivity index (χ1) is 14.4. The number of nitrogens with zero attached hydrogens (tertiary/aromatic N) is 2. The Hall–Kier alpha value is -3.32. The van der Waals surface area contributed by atoms with Crippen molar-refractivity contribution >= 4 is 27.5 Å². The van der Waals surface area contributed by atoms with Gasteiger partial charge in [-0.2, -0.15) is 0 Å². The van der Waals surface area contributed by atoms with Gasteiger partial charge in [-0.1, -0.05) is 42.8 Å². The minimum absolute atomic E-state index is 0.331. The monoisotopic (exact) mass is 421 g/mol. The van der Waals surface area contributed by atoms with Crippen LogP contribution in [-0.4, -0.2) is 15.5 Å². The lowest BCUT2D eigenvalue weighted by Crippen LogP contribution is -2.35.